The first-order valence-corrected chi connectivity index (χ1v) is 9.51. The Morgan fingerprint density at radius 2 is 1.70 bits per heavy atom. The van der Waals surface area contributed by atoms with Crippen LogP contribution in [0, 0.1) is 5.92 Å². The molecule has 2 aromatic rings. The maximum absolute atomic E-state index is 12.8. The number of nitrogens with zero attached hydrogens (tertiary/aromatic N) is 1. The third-order valence-corrected chi connectivity index (χ3v) is 5.00. The molecule has 1 heterocycles. The first-order chi connectivity index (χ1) is 13.2. The van der Waals surface area contributed by atoms with Crippen molar-refractivity contribution in [3.8, 4) is 0 Å². The van der Waals surface area contributed by atoms with Crippen LogP contribution in [0.15, 0.2) is 54.9 Å². The number of pyridine rings is 1. The SMILES string of the molecule is O=C(NNC(C(=O)NCc1ccccc1)C1CCCCC1)c1ccncc1. The Bertz CT molecular complexity index is 730. The van der Waals surface area contributed by atoms with E-state index in [1.165, 1.54) is 6.42 Å². The van der Waals surface area contributed by atoms with E-state index in [-0.39, 0.29) is 17.7 Å². The Kier molecular flexibility index (Phi) is 6.93. The molecule has 1 aromatic carbocycles. The van der Waals surface area contributed by atoms with Gasteiger partial charge in [-0.25, -0.2) is 5.43 Å². The first-order valence-electron chi connectivity index (χ1n) is 9.51. The Morgan fingerprint density at radius 1 is 1.00 bits per heavy atom. The summed E-state index contributed by atoms with van der Waals surface area (Å²) in [7, 11) is 0. The average Bonchev–Trinajstić information content (AvgIpc) is 2.74. The van der Waals surface area contributed by atoms with Crippen LogP contribution in [-0.2, 0) is 11.3 Å². The van der Waals surface area contributed by atoms with Crippen molar-refractivity contribution in [3.05, 3.63) is 66.0 Å². The minimum atomic E-state index is -0.445. The van der Waals surface area contributed by atoms with Crippen LogP contribution in [0.5, 0.6) is 0 Å². The molecule has 1 saturated carbocycles. The van der Waals surface area contributed by atoms with E-state index in [2.05, 4.69) is 21.2 Å². The number of hydrogen-bond donors (Lipinski definition) is 3. The highest BCUT2D eigenvalue weighted by Gasteiger charge is 2.29. The molecule has 0 radical (unpaired) electrons. The van der Waals surface area contributed by atoms with Crippen molar-refractivity contribution in [2.24, 2.45) is 5.92 Å². The van der Waals surface area contributed by atoms with E-state index in [0.717, 1.165) is 31.2 Å². The first kappa shape index (κ1) is 19.0. The molecule has 1 aromatic heterocycles. The fourth-order valence-electron chi connectivity index (χ4n) is 3.48. The minimum Gasteiger partial charge on any atom is -0.351 e. The lowest BCUT2D eigenvalue weighted by Crippen LogP contribution is -2.55. The van der Waals surface area contributed by atoms with Gasteiger partial charge in [0.25, 0.3) is 5.91 Å². The van der Waals surface area contributed by atoms with Gasteiger partial charge in [0.2, 0.25) is 5.91 Å². The Labute approximate surface area is 159 Å². The van der Waals surface area contributed by atoms with Crippen molar-refractivity contribution in [1.29, 1.82) is 0 Å². The van der Waals surface area contributed by atoms with E-state index < -0.39 is 6.04 Å². The van der Waals surface area contributed by atoms with Gasteiger partial charge in [0, 0.05) is 24.5 Å². The molecular weight excluding hydrogens is 340 g/mol. The minimum absolute atomic E-state index is 0.0826. The van der Waals surface area contributed by atoms with Gasteiger partial charge in [0.1, 0.15) is 6.04 Å². The predicted octanol–water partition coefficient (Wildman–Crippen LogP) is 2.58. The van der Waals surface area contributed by atoms with Crippen LogP contribution in [0.3, 0.4) is 0 Å². The summed E-state index contributed by atoms with van der Waals surface area (Å²) in [5.74, 6) is -0.137. The lowest BCUT2D eigenvalue weighted by Gasteiger charge is -2.30. The van der Waals surface area contributed by atoms with Gasteiger partial charge >= 0.3 is 0 Å². The monoisotopic (exact) mass is 366 g/mol. The second-order valence-electron chi connectivity index (χ2n) is 6.91. The number of carbonyl (C=O) groups excluding carboxylic acids is 2. The van der Waals surface area contributed by atoms with Crippen molar-refractivity contribution in [2.75, 3.05) is 0 Å². The van der Waals surface area contributed by atoms with E-state index in [1.54, 1.807) is 24.5 Å². The number of nitrogens with one attached hydrogen (secondary N) is 3. The maximum atomic E-state index is 12.8. The smallest absolute Gasteiger partial charge is 0.265 e. The van der Waals surface area contributed by atoms with Gasteiger partial charge in [-0.2, -0.15) is 0 Å². The number of amides is 2. The molecule has 3 rings (SSSR count). The summed E-state index contributed by atoms with van der Waals surface area (Å²) in [5, 5.41) is 3.00. The number of carbonyl (C=O) groups is 2. The number of benzene rings is 1. The molecule has 6 nitrogen and oxygen atoms in total. The van der Waals surface area contributed by atoms with Crippen LogP contribution in [0.4, 0.5) is 0 Å². The molecular formula is C21H26N4O2. The molecule has 1 unspecified atom stereocenters. The van der Waals surface area contributed by atoms with E-state index in [9.17, 15) is 9.59 Å². The number of rotatable bonds is 7. The van der Waals surface area contributed by atoms with Crippen LogP contribution in [0.25, 0.3) is 0 Å². The number of aromatic nitrogens is 1. The van der Waals surface area contributed by atoms with E-state index >= 15 is 0 Å². The fraction of sp³-hybridized carbons (Fsp3) is 0.381. The lowest BCUT2D eigenvalue weighted by atomic mass is 9.83. The molecule has 0 spiro atoms. The van der Waals surface area contributed by atoms with Gasteiger partial charge in [-0.05, 0) is 36.5 Å². The van der Waals surface area contributed by atoms with Crippen molar-refractivity contribution in [1.82, 2.24) is 21.2 Å². The van der Waals surface area contributed by atoms with Gasteiger partial charge in [-0.15, -0.1) is 0 Å². The third kappa shape index (κ3) is 5.62. The Morgan fingerprint density at radius 3 is 2.41 bits per heavy atom. The van der Waals surface area contributed by atoms with Gasteiger partial charge in [0.05, 0.1) is 0 Å². The third-order valence-electron chi connectivity index (χ3n) is 5.00. The molecule has 1 atom stereocenters. The summed E-state index contributed by atoms with van der Waals surface area (Å²) >= 11 is 0. The van der Waals surface area contributed by atoms with Crippen LogP contribution in [0.2, 0.25) is 0 Å². The highest BCUT2D eigenvalue weighted by Crippen LogP contribution is 2.26. The summed E-state index contributed by atoms with van der Waals surface area (Å²) in [6.45, 7) is 0.475. The van der Waals surface area contributed by atoms with Crippen LogP contribution in [0.1, 0.15) is 48.0 Å². The fourth-order valence-corrected chi connectivity index (χ4v) is 3.48. The van der Waals surface area contributed by atoms with Gasteiger partial charge in [-0.1, -0.05) is 49.6 Å². The van der Waals surface area contributed by atoms with Crippen molar-refractivity contribution in [2.45, 2.75) is 44.7 Å². The molecule has 0 bridgehead atoms. The highest BCUT2D eigenvalue weighted by atomic mass is 16.2. The van der Waals surface area contributed by atoms with Crippen LogP contribution >= 0.6 is 0 Å². The van der Waals surface area contributed by atoms with E-state index in [4.69, 9.17) is 0 Å². The van der Waals surface area contributed by atoms with Crippen molar-refractivity contribution < 1.29 is 9.59 Å². The second-order valence-corrected chi connectivity index (χ2v) is 6.91. The quantitative estimate of drug-likeness (QED) is 0.658. The Hall–Kier alpha value is -2.73. The van der Waals surface area contributed by atoms with Crippen molar-refractivity contribution >= 4 is 11.8 Å². The molecule has 0 saturated heterocycles. The molecule has 6 heteroatoms. The van der Waals surface area contributed by atoms with Gasteiger partial charge in [-0.3, -0.25) is 20.0 Å². The highest BCUT2D eigenvalue weighted by molar-refractivity contribution is 5.94. The lowest BCUT2D eigenvalue weighted by molar-refractivity contribution is -0.125. The zero-order chi connectivity index (χ0) is 18.9. The summed E-state index contributed by atoms with van der Waals surface area (Å²) in [5.41, 5.74) is 7.24. The molecule has 27 heavy (non-hydrogen) atoms. The predicted molar refractivity (Wildman–Crippen MR) is 103 cm³/mol. The molecule has 1 fully saturated rings. The zero-order valence-electron chi connectivity index (χ0n) is 15.4. The van der Waals surface area contributed by atoms with Gasteiger partial charge < -0.3 is 5.32 Å². The summed E-state index contributed by atoms with van der Waals surface area (Å²) in [6.07, 6.45) is 8.56. The molecule has 1 aliphatic rings. The topological polar surface area (TPSA) is 83.1 Å². The molecule has 2 amide bonds. The normalized spacial score (nSPS) is 15.7. The summed E-state index contributed by atoms with van der Waals surface area (Å²) in [4.78, 5) is 29.0. The van der Waals surface area contributed by atoms with Crippen LogP contribution < -0.4 is 16.2 Å². The molecule has 1 aliphatic carbocycles. The average molecular weight is 366 g/mol. The van der Waals surface area contributed by atoms with E-state index in [0.29, 0.717) is 12.1 Å². The van der Waals surface area contributed by atoms with Crippen LogP contribution in [-0.4, -0.2) is 22.8 Å². The van der Waals surface area contributed by atoms with Gasteiger partial charge in [0.15, 0.2) is 0 Å². The largest absolute Gasteiger partial charge is 0.351 e. The molecule has 3 N–H and O–H groups in total. The zero-order valence-corrected chi connectivity index (χ0v) is 15.4. The molecule has 0 aliphatic heterocycles. The summed E-state index contributed by atoms with van der Waals surface area (Å²) in [6, 6.07) is 12.7. The summed E-state index contributed by atoms with van der Waals surface area (Å²) < 4.78 is 0. The Balaban J connectivity index is 1.61. The number of hydrazine groups is 1. The standard InChI is InChI=1S/C21H26N4O2/c26-20(18-11-13-22-14-12-18)25-24-19(17-9-5-2-6-10-17)21(27)23-15-16-7-3-1-4-8-16/h1,3-4,7-8,11-14,17,19,24H,2,5-6,9-10,15H2,(H,23,27)(H,25,26). The second kappa shape index (κ2) is 9.83. The molecule has 142 valence electrons. The van der Waals surface area contributed by atoms with Crippen molar-refractivity contribution in [3.63, 3.8) is 0 Å². The number of hydrogen-bond acceptors (Lipinski definition) is 4. The maximum Gasteiger partial charge on any atom is 0.265 e. The van der Waals surface area contributed by atoms with E-state index in [1.807, 2.05) is 30.3 Å².